The number of rotatable bonds is 5. The highest BCUT2D eigenvalue weighted by Gasteiger charge is 2.51. The molecule has 1 saturated heterocycles. The molecule has 0 radical (unpaired) electrons. The highest BCUT2D eigenvalue weighted by molar-refractivity contribution is 7.12. The van der Waals surface area contributed by atoms with Crippen molar-refractivity contribution in [3.05, 3.63) is 58.0 Å². The number of ketones is 1. The summed E-state index contributed by atoms with van der Waals surface area (Å²) in [5.74, 6) is -1.21. The SMILES string of the molecule is CC[C@@]1(c2ccc(F)cc2)NC(=O)N(CC(=O)c2cccs2)C1=O. The van der Waals surface area contributed by atoms with E-state index in [0.717, 1.165) is 4.90 Å². The van der Waals surface area contributed by atoms with Gasteiger partial charge in [0.25, 0.3) is 5.91 Å². The van der Waals surface area contributed by atoms with E-state index in [0.29, 0.717) is 16.9 Å². The van der Waals surface area contributed by atoms with Crippen LogP contribution in [-0.4, -0.2) is 29.2 Å². The highest BCUT2D eigenvalue weighted by atomic mass is 32.1. The molecule has 3 amide bonds. The van der Waals surface area contributed by atoms with Crippen LogP contribution in [0.3, 0.4) is 0 Å². The molecule has 2 aromatic rings. The lowest BCUT2D eigenvalue weighted by molar-refractivity contribution is -0.131. The maximum atomic E-state index is 13.2. The number of nitrogens with zero attached hydrogens (tertiary/aromatic N) is 1. The number of thiophene rings is 1. The Morgan fingerprint density at radius 2 is 1.96 bits per heavy atom. The summed E-state index contributed by atoms with van der Waals surface area (Å²) in [4.78, 5) is 38.8. The van der Waals surface area contributed by atoms with Crippen LogP contribution >= 0.6 is 11.3 Å². The van der Waals surface area contributed by atoms with Crippen LogP contribution < -0.4 is 5.32 Å². The van der Waals surface area contributed by atoms with Crippen LogP contribution in [0.2, 0.25) is 0 Å². The molecule has 124 valence electrons. The number of carbonyl (C=O) groups excluding carboxylic acids is 3. The standard InChI is InChI=1S/C17H15FN2O3S/c1-2-17(11-5-7-12(18)8-6-11)15(22)20(16(23)19-17)10-13(21)14-4-3-9-24-14/h3-9H,2,10H2,1H3,(H,19,23)/t17-/m0/s1. The maximum Gasteiger partial charge on any atom is 0.325 e. The van der Waals surface area contributed by atoms with E-state index in [1.165, 1.54) is 35.6 Å². The third kappa shape index (κ3) is 2.60. The molecule has 0 saturated carbocycles. The van der Waals surface area contributed by atoms with Gasteiger partial charge in [0.15, 0.2) is 5.78 Å². The van der Waals surface area contributed by atoms with Crippen LogP contribution in [0, 0.1) is 5.82 Å². The number of benzene rings is 1. The fourth-order valence-electron chi connectivity index (χ4n) is 2.80. The van der Waals surface area contributed by atoms with Crippen molar-refractivity contribution in [1.29, 1.82) is 0 Å². The number of carbonyl (C=O) groups is 3. The van der Waals surface area contributed by atoms with Gasteiger partial charge >= 0.3 is 6.03 Å². The number of hydrogen-bond donors (Lipinski definition) is 1. The molecule has 1 N–H and O–H groups in total. The van der Waals surface area contributed by atoms with Crippen molar-refractivity contribution in [2.75, 3.05) is 6.54 Å². The number of halogens is 1. The predicted octanol–water partition coefficient (Wildman–Crippen LogP) is 2.93. The molecule has 0 spiro atoms. The second kappa shape index (κ2) is 6.16. The average Bonchev–Trinajstić information content (AvgIpc) is 3.19. The number of hydrogen-bond acceptors (Lipinski definition) is 4. The topological polar surface area (TPSA) is 66.5 Å². The summed E-state index contributed by atoms with van der Waals surface area (Å²) in [7, 11) is 0. The normalized spacial score (nSPS) is 20.3. The number of imide groups is 1. The Morgan fingerprint density at radius 1 is 1.25 bits per heavy atom. The summed E-state index contributed by atoms with van der Waals surface area (Å²) in [6.07, 6.45) is 0.299. The van der Waals surface area contributed by atoms with Gasteiger partial charge in [0.2, 0.25) is 0 Å². The first-order valence-electron chi connectivity index (χ1n) is 7.45. The Morgan fingerprint density at radius 3 is 2.54 bits per heavy atom. The summed E-state index contributed by atoms with van der Waals surface area (Å²) in [6.45, 7) is 1.44. The van der Waals surface area contributed by atoms with Crippen LogP contribution in [0.15, 0.2) is 41.8 Å². The lowest BCUT2D eigenvalue weighted by Crippen LogP contribution is -2.43. The van der Waals surface area contributed by atoms with E-state index < -0.39 is 23.3 Å². The molecule has 0 aliphatic carbocycles. The van der Waals surface area contributed by atoms with Crippen LogP contribution in [-0.2, 0) is 10.3 Å². The maximum absolute atomic E-state index is 13.2. The lowest BCUT2D eigenvalue weighted by Gasteiger charge is -2.25. The number of urea groups is 1. The fraction of sp³-hybridized carbons (Fsp3) is 0.235. The second-order valence-corrected chi connectivity index (χ2v) is 6.44. The zero-order valence-corrected chi connectivity index (χ0v) is 13.7. The van der Waals surface area contributed by atoms with Gasteiger partial charge in [-0.2, -0.15) is 0 Å². The molecular formula is C17H15FN2O3S. The molecule has 0 bridgehead atoms. The largest absolute Gasteiger partial charge is 0.325 e. The summed E-state index contributed by atoms with van der Waals surface area (Å²) in [5, 5.41) is 4.43. The molecule has 3 rings (SSSR count). The highest BCUT2D eigenvalue weighted by Crippen LogP contribution is 2.32. The molecule has 1 aliphatic rings. The van der Waals surface area contributed by atoms with Crippen molar-refractivity contribution < 1.29 is 18.8 Å². The van der Waals surface area contributed by atoms with E-state index >= 15 is 0 Å². The number of nitrogens with one attached hydrogen (secondary N) is 1. The first-order valence-corrected chi connectivity index (χ1v) is 8.33. The Balaban J connectivity index is 1.89. The quantitative estimate of drug-likeness (QED) is 0.669. The molecule has 7 heteroatoms. The van der Waals surface area contributed by atoms with Crippen LogP contribution in [0.25, 0.3) is 0 Å². The monoisotopic (exact) mass is 346 g/mol. The molecule has 5 nitrogen and oxygen atoms in total. The molecule has 1 atom stereocenters. The molecular weight excluding hydrogens is 331 g/mol. The van der Waals surface area contributed by atoms with Gasteiger partial charge in [-0.15, -0.1) is 11.3 Å². The number of amides is 3. The average molecular weight is 346 g/mol. The third-order valence-electron chi connectivity index (χ3n) is 4.14. The van der Waals surface area contributed by atoms with E-state index in [9.17, 15) is 18.8 Å². The first kappa shape index (κ1) is 16.3. The van der Waals surface area contributed by atoms with E-state index in [2.05, 4.69) is 5.32 Å². The second-order valence-electron chi connectivity index (χ2n) is 5.49. The summed E-state index contributed by atoms with van der Waals surface area (Å²) >= 11 is 1.26. The fourth-order valence-corrected chi connectivity index (χ4v) is 3.46. The van der Waals surface area contributed by atoms with Gasteiger partial charge in [0.05, 0.1) is 11.4 Å². The van der Waals surface area contributed by atoms with Crippen molar-refractivity contribution >= 4 is 29.1 Å². The van der Waals surface area contributed by atoms with E-state index in [4.69, 9.17) is 0 Å². The Labute approximate surface area is 142 Å². The lowest BCUT2D eigenvalue weighted by atomic mass is 9.87. The van der Waals surface area contributed by atoms with Crippen molar-refractivity contribution in [3.8, 4) is 0 Å². The van der Waals surface area contributed by atoms with Crippen LogP contribution in [0.5, 0.6) is 0 Å². The summed E-state index contributed by atoms with van der Waals surface area (Å²) in [6, 6.07) is 8.20. The predicted molar refractivity (Wildman–Crippen MR) is 87.3 cm³/mol. The molecule has 1 aliphatic heterocycles. The molecule has 1 aromatic carbocycles. The molecule has 24 heavy (non-hydrogen) atoms. The molecule has 1 fully saturated rings. The minimum atomic E-state index is -1.26. The number of Topliss-reactive ketones (excluding diaryl/α,β-unsaturated/α-hetero) is 1. The van der Waals surface area contributed by atoms with Gasteiger partial charge in [0.1, 0.15) is 11.4 Å². The minimum absolute atomic E-state index is 0.292. The summed E-state index contributed by atoms with van der Waals surface area (Å²) < 4.78 is 13.2. The van der Waals surface area contributed by atoms with Gasteiger partial charge in [0, 0.05) is 0 Å². The van der Waals surface area contributed by atoms with Gasteiger partial charge in [-0.3, -0.25) is 14.5 Å². The van der Waals surface area contributed by atoms with Crippen LogP contribution in [0.1, 0.15) is 28.6 Å². The first-order chi connectivity index (χ1) is 11.5. The van der Waals surface area contributed by atoms with Gasteiger partial charge < -0.3 is 5.32 Å². The molecule has 0 unspecified atom stereocenters. The Hall–Kier alpha value is -2.54. The Bertz CT molecular complexity index is 789. The summed E-state index contributed by atoms with van der Waals surface area (Å²) in [5.41, 5.74) is -0.767. The van der Waals surface area contributed by atoms with Crippen LogP contribution in [0.4, 0.5) is 9.18 Å². The zero-order valence-electron chi connectivity index (χ0n) is 12.9. The van der Waals surface area contributed by atoms with Gasteiger partial charge in [-0.25, -0.2) is 9.18 Å². The van der Waals surface area contributed by atoms with Gasteiger partial charge in [-0.05, 0) is 35.6 Å². The van der Waals surface area contributed by atoms with Crippen molar-refractivity contribution in [3.63, 3.8) is 0 Å². The zero-order chi connectivity index (χ0) is 17.3. The minimum Gasteiger partial charge on any atom is -0.319 e. The van der Waals surface area contributed by atoms with E-state index in [-0.39, 0.29) is 12.3 Å². The van der Waals surface area contributed by atoms with E-state index in [1.54, 1.807) is 24.4 Å². The van der Waals surface area contributed by atoms with Gasteiger partial charge in [-0.1, -0.05) is 25.1 Å². The third-order valence-corrected chi connectivity index (χ3v) is 5.05. The van der Waals surface area contributed by atoms with Crippen molar-refractivity contribution in [1.82, 2.24) is 10.2 Å². The smallest absolute Gasteiger partial charge is 0.319 e. The van der Waals surface area contributed by atoms with Crippen molar-refractivity contribution in [2.24, 2.45) is 0 Å². The van der Waals surface area contributed by atoms with E-state index in [1.807, 2.05) is 0 Å². The molecule has 2 heterocycles. The van der Waals surface area contributed by atoms with Crippen molar-refractivity contribution in [2.45, 2.75) is 18.9 Å². The molecule has 1 aromatic heterocycles. The Kier molecular flexibility index (Phi) is 4.19.